The highest BCUT2D eigenvalue weighted by atomic mass is 32.1. The van der Waals surface area contributed by atoms with Gasteiger partial charge in [-0.1, -0.05) is 29.5 Å². The van der Waals surface area contributed by atoms with Crippen LogP contribution >= 0.6 is 22.7 Å². The molecule has 1 aliphatic heterocycles. The zero-order valence-corrected chi connectivity index (χ0v) is 16.4. The van der Waals surface area contributed by atoms with E-state index in [1.807, 2.05) is 10.7 Å². The summed E-state index contributed by atoms with van der Waals surface area (Å²) in [6.07, 6.45) is 0. The average Bonchev–Trinajstić information content (AvgIpc) is 3.44. The second-order valence-corrected chi connectivity index (χ2v) is 8.60. The highest BCUT2D eigenvalue weighted by molar-refractivity contribution is 7.22. The number of thiazole rings is 1. The number of thiophene rings is 1. The van der Waals surface area contributed by atoms with Crippen LogP contribution in [0.3, 0.4) is 0 Å². The standard InChI is InChI=1S/C18H19N7S2/c1-2-6-16-15(5-1)19-18(27-16)24-9-7-23(8-10-24)13-17-20-21-22-25(17)12-14-4-3-11-26-14/h1-6,11H,7-10,12-13H2. The van der Waals surface area contributed by atoms with E-state index in [9.17, 15) is 0 Å². The lowest BCUT2D eigenvalue weighted by atomic mass is 10.3. The second kappa shape index (κ2) is 7.34. The van der Waals surface area contributed by atoms with Gasteiger partial charge in [-0.05, 0) is 34.0 Å². The summed E-state index contributed by atoms with van der Waals surface area (Å²) in [5.41, 5.74) is 1.09. The fraction of sp³-hybridized carbons (Fsp3) is 0.333. The number of tetrazole rings is 1. The number of nitrogens with zero attached hydrogens (tertiary/aromatic N) is 7. The lowest BCUT2D eigenvalue weighted by Gasteiger charge is -2.34. The van der Waals surface area contributed by atoms with Gasteiger partial charge in [0, 0.05) is 31.1 Å². The van der Waals surface area contributed by atoms with Crippen LogP contribution in [-0.2, 0) is 13.1 Å². The minimum Gasteiger partial charge on any atom is -0.345 e. The molecule has 0 aliphatic carbocycles. The molecule has 0 unspecified atom stereocenters. The molecule has 1 saturated heterocycles. The van der Waals surface area contributed by atoms with E-state index < -0.39 is 0 Å². The van der Waals surface area contributed by atoms with E-state index in [0.29, 0.717) is 0 Å². The first-order chi connectivity index (χ1) is 13.3. The zero-order valence-electron chi connectivity index (χ0n) is 14.7. The molecule has 27 heavy (non-hydrogen) atoms. The molecule has 1 fully saturated rings. The van der Waals surface area contributed by atoms with Crippen molar-refractivity contribution in [3.05, 3.63) is 52.5 Å². The first-order valence-electron chi connectivity index (χ1n) is 8.95. The van der Waals surface area contributed by atoms with Crippen LogP contribution in [0.4, 0.5) is 5.13 Å². The number of benzene rings is 1. The number of aromatic nitrogens is 5. The van der Waals surface area contributed by atoms with Crippen LogP contribution in [0.25, 0.3) is 10.2 Å². The maximum absolute atomic E-state index is 4.78. The van der Waals surface area contributed by atoms with E-state index in [1.54, 1.807) is 22.7 Å². The van der Waals surface area contributed by atoms with Gasteiger partial charge in [0.2, 0.25) is 0 Å². The third-order valence-corrected chi connectivity index (χ3v) is 6.74. The number of hydrogen-bond donors (Lipinski definition) is 0. The summed E-state index contributed by atoms with van der Waals surface area (Å²) >= 11 is 3.51. The average molecular weight is 398 g/mol. The van der Waals surface area contributed by atoms with Gasteiger partial charge in [0.05, 0.1) is 23.3 Å². The summed E-state index contributed by atoms with van der Waals surface area (Å²) in [4.78, 5) is 10.9. The molecule has 4 heterocycles. The monoisotopic (exact) mass is 397 g/mol. The van der Waals surface area contributed by atoms with Crippen molar-refractivity contribution in [2.45, 2.75) is 13.1 Å². The van der Waals surface area contributed by atoms with Crippen molar-refractivity contribution in [1.29, 1.82) is 0 Å². The maximum atomic E-state index is 4.78. The summed E-state index contributed by atoms with van der Waals surface area (Å²) in [7, 11) is 0. The molecule has 0 atom stereocenters. The lowest BCUT2D eigenvalue weighted by Crippen LogP contribution is -2.46. The molecule has 0 N–H and O–H groups in total. The smallest absolute Gasteiger partial charge is 0.186 e. The van der Waals surface area contributed by atoms with Crippen LogP contribution in [-0.4, -0.2) is 56.3 Å². The van der Waals surface area contributed by atoms with Crippen molar-refractivity contribution < 1.29 is 0 Å². The molecule has 9 heteroatoms. The molecule has 3 aromatic heterocycles. The Morgan fingerprint density at radius 3 is 2.67 bits per heavy atom. The van der Waals surface area contributed by atoms with Crippen molar-refractivity contribution in [3.8, 4) is 0 Å². The van der Waals surface area contributed by atoms with Gasteiger partial charge < -0.3 is 4.90 Å². The molecule has 0 bridgehead atoms. The van der Waals surface area contributed by atoms with Crippen molar-refractivity contribution in [2.24, 2.45) is 0 Å². The molecule has 5 rings (SSSR count). The van der Waals surface area contributed by atoms with Crippen molar-refractivity contribution in [1.82, 2.24) is 30.1 Å². The van der Waals surface area contributed by atoms with E-state index in [4.69, 9.17) is 4.98 Å². The maximum Gasteiger partial charge on any atom is 0.186 e. The van der Waals surface area contributed by atoms with Gasteiger partial charge in [0.25, 0.3) is 0 Å². The number of piperazine rings is 1. The van der Waals surface area contributed by atoms with Gasteiger partial charge in [-0.3, -0.25) is 4.90 Å². The molecule has 7 nitrogen and oxygen atoms in total. The van der Waals surface area contributed by atoms with Crippen LogP contribution in [0.1, 0.15) is 10.7 Å². The Morgan fingerprint density at radius 1 is 0.963 bits per heavy atom. The molecule has 138 valence electrons. The van der Waals surface area contributed by atoms with Gasteiger partial charge in [-0.15, -0.1) is 16.4 Å². The number of para-hydroxylation sites is 1. The van der Waals surface area contributed by atoms with Gasteiger partial charge in [0.1, 0.15) is 0 Å². The highest BCUT2D eigenvalue weighted by Crippen LogP contribution is 2.29. The van der Waals surface area contributed by atoms with Crippen molar-refractivity contribution >= 4 is 38.0 Å². The Kier molecular flexibility index (Phi) is 4.56. The van der Waals surface area contributed by atoms with Crippen LogP contribution < -0.4 is 4.90 Å². The molecule has 1 aromatic carbocycles. The fourth-order valence-corrected chi connectivity index (χ4v) is 5.01. The number of hydrogen-bond acceptors (Lipinski definition) is 8. The van der Waals surface area contributed by atoms with E-state index in [2.05, 4.69) is 61.0 Å². The van der Waals surface area contributed by atoms with Crippen LogP contribution in [0.2, 0.25) is 0 Å². The Hall–Kier alpha value is -2.36. The van der Waals surface area contributed by atoms with Crippen LogP contribution in [0.15, 0.2) is 41.8 Å². The van der Waals surface area contributed by atoms with E-state index in [1.165, 1.54) is 9.58 Å². The Balaban J connectivity index is 1.22. The van der Waals surface area contributed by atoms with Crippen LogP contribution in [0, 0.1) is 0 Å². The first-order valence-corrected chi connectivity index (χ1v) is 10.6. The van der Waals surface area contributed by atoms with Gasteiger partial charge in [0.15, 0.2) is 11.0 Å². The fourth-order valence-electron chi connectivity index (χ4n) is 3.30. The van der Waals surface area contributed by atoms with E-state index in [0.717, 1.165) is 55.7 Å². The van der Waals surface area contributed by atoms with Crippen molar-refractivity contribution in [2.75, 3.05) is 31.1 Å². The first kappa shape index (κ1) is 16.8. The van der Waals surface area contributed by atoms with Gasteiger partial charge in [-0.25, -0.2) is 9.67 Å². The zero-order chi connectivity index (χ0) is 18.1. The summed E-state index contributed by atoms with van der Waals surface area (Å²) in [6.45, 7) is 5.46. The third-order valence-electron chi connectivity index (χ3n) is 4.78. The second-order valence-electron chi connectivity index (χ2n) is 6.56. The van der Waals surface area contributed by atoms with E-state index >= 15 is 0 Å². The largest absolute Gasteiger partial charge is 0.345 e. The van der Waals surface area contributed by atoms with Gasteiger partial charge >= 0.3 is 0 Å². The SMILES string of the molecule is c1csc(Cn2nnnc2CN2CCN(c3nc4ccccc4s3)CC2)c1. The highest BCUT2D eigenvalue weighted by Gasteiger charge is 2.21. The quantitative estimate of drug-likeness (QED) is 0.516. The molecule has 0 spiro atoms. The molecular formula is C18H19N7S2. The predicted octanol–water partition coefficient (Wildman–Crippen LogP) is 2.71. The molecule has 0 radical (unpaired) electrons. The molecule has 4 aromatic rings. The molecular weight excluding hydrogens is 378 g/mol. The minimum atomic E-state index is 0.742. The summed E-state index contributed by atoms with van der Waals surface area (Å²) in [5, 5.41) is 15.5. The van der Waals surface area contributed by atoms with E-state index in [-0.39, 0.29) is 0 Å². The molecule has 0 saturated carbocycles. The molecule has 1 aliphatic rings. The normalized spacial score (nSPS) is 15.6. The van der Waals surface area contributed by atoms with Gasteiger partial charge in [-0.2, -0.15) is 0 Å². The van der Waals surface area contributed by atoms with Crippen molar-refractivity contribution in [3.63, 3.8) is 0 Å². The summed E-state index contributed by atoms with van der Waals surface area (Å²) in [5.74, 6) is 0.928. The lowest BCUT2D eigenvalue weighted by molar-refractivity contribution is 0.240. The Bertz CT molecular complexity index is 982. The predicted molar refractivity (Wildman–Crippen MR) is 108 cm³/mol. The number of fused-ring (bicyclic) bond motifs is 1. The minimum absolute atomic E-state index is 0.742. The summed E-state index contributed by atoms with van der Waals surface area (Å²) < 4.78 is 3.16. The van der Waals surface area contributed by atoms with Crippen LogP contribution in [0.5, 0.6) is 0 Å². The topological polar surface area (TPSA) is 63.0 Å². The Morgan fingerprint density at radius 2 is 1.85 bits per heavy atom. The Labute approximate surface area is 164 Å². The third kappa shape index (κ3) is 3.58. The molecule has 0 amide bonds. The summed E-state index contributed by atoms with van der Waals surface area (Å²) in [6, 6.07) is 12.5. The number of anilines is 1. The number of rotatable bonds is 5.